The second-order valence-corrected chi connectivity index (χ2v) is 6.62. The smallest absolute Gasteiger partial charge is 0.232 e. The van der Waals surface area contributed by atoms with Gasteiger partial charge in [-0.1, -0.05) is 26.0 Å². The molecule has 4 nitrogen and oxygen atoms in total. The van der Waals surface area contributed by atoms with Crippen LogP contribution in [0.15, 0.2) is 24.3 Å². The summed E-state index contributed by atoms with van der Waals surface area (Å²) in [6.07, 6.45) is 1.23. The minimum Gasteiger partial charge on any atom is -0.396 e. The summed E-state index contributed by atoms with van der Waals surface area (Å²) in [5.41, 5.74) is 1.56. The highest BCUT2D eigenvalue weighted by Gasteiger charge is 2.11. The molecule has 0 unspecified atom stereocenters. The first-order valence-corrected chi connectivity index (χ1v) is 7.78. The van der Waals surface area contributed by atoms with Gasteiger partial charge in [0.1, 0.15) is 0 Å². The number of aliphatic hydroxyl groups excluding tert-OH is 1. The second kappa shape index (κ2) is 6.75. The lowest BCUT2D eigenvalue weighted by Crippen LogP contribution is -2.17. The monoisotopic (exact) mass is 271 g/mol. The molecule has 0 aliphatic rings. The standard InChI is InChI=1S/C13H21NO3S/c1-11(2)8-10-18(16,17)14-13-5-3-12(4-6-13)7-9-15/h3-6,11,14-15H,7-10H2,1-2H3. The summed E-state index contributed by atoms with van der Waals surface area (Å²) in [6.45, 7) is 4.10. The first-order chi connectivity index (χ1) is 8.43. The van der Waals surface area contributed by atoms with Crippen LogP contribution >= 0.6 is 0 Å². The molecule has 0 amide bonds. The topological polar surface area (TPSA) is 66.4 Å². The molecule has 0 bridgehead atoms. The summed E-state index contributed by atoms with van der Waals surface area (Å²) in [6, 6.07) is 7.07. The number of aliphatic hydroxyl groups is 1. The van der Waals surface area contributed by atoms with Gasteiger partial charge in [-0.15, -0.1) is 0 Å². The van der Waals surface area contributed by atoms with Crippen molar-refractivity contribution in [1.82, 2.24) is 0 Å². The number of nitrogens with one attached hydrogen (secondary N) is 1. The van der Waals surface area contributed by atoms with Gasteiger partial charge in [-0.25, -0.2) is 8.42 Å². The van der Waals surface area contributed by atoms with Crippen molar-refractivity contribution in [1.29, 1.82) is 0 Å². The third-order valence-electron chi connectivity index (χ3n) is 2.59. The lowest BCUT2D eigenvalue weighted by molar-refractivity contribution is 0.299. The molecule has 0 saturated carbocycles. The second-order valence-electron chi connectivity index (χ2n) is 4.77. The van der Waals surface area contributed by atoms with E-state index in [2.05, 4.69) is 4.72 Å². The highest BCUT2D eigenvalue weighted by molar-refractivity contribution is 7.92. The van der Waals surface area contributed by atoms with Crippen LogP contribution in [0.3, 0.4) is 0 Å². The molecule has 18 heavy (non-hydrogen) atoms. The number of hydrogen-bond donors (Lipinski definition) is 2. The molecule has 0 atom stereocenters. The van der Waals surface area contributed by atoms with Crippen LogP contribution < -0.4 is 4.72 Å². The molecule has 0 spiro atoms. The maximum atomic E-state index is 11.8. The Balaban J connectivity index is 2.61. The molecule has 0 radical (unpaired) electrons. The van der Waals surface area contributed by atoms with Crippen LogP contribution in [0.2, 0.25) is 0 Å². The predicted octanol–water partition coefficient (Wildman–Crippen LogP) is 2.01. The van der Waals surface area contributed by atoms with Gasteiger partial charge in [-0.2, -0.15) is 0 Å². The minimum absolute atomic E-state index is 0.0967. The maximum Gasteiger partial charge on any atom is 0.232 e. The number of hydrogen-bond acceptors (Lipinski definition) is 3. The van der Waals surface area contributed by atoms with Crippen molar-refractivity contribution in [3.8, 4) is 0 Å². The van der Waals surface area contributed by atoms with Gasteiger partial charge in [0.25, 0.3) is 0 Å². The molecule has 1 rings (SSSR count). The van der Waals surface area contributed by atoms with Crippen LogP contribution in [-0.2, 0) is 16.4 Å². The Labute approximate surface area is 109 Å². The average molecular weight is 271 g/mol. The third-order valence-corrected chi connectivity index (χ3v) is 3.91. The highest BCUT2D eigenvalue weighted by atomic mass is 32.2. The Morgan fingerprint density at radius 2 is 1.83 bits per heavy atom. The highest BCUT2D eigenvalue weighted by Crippen LogP contribution is 2.13. The molecule has 0 aromatic heterocycles. The fourth-order valence-corrected chi connectivity index (χ4v) is 2.87. The van der Waals surface area contributed by atoms with Crippen LogP contribution in [-0.4, -0.2) is 25.9 Å². The predicted molar refractivity (Wildman–Crippen MR) is 74.1 cm³/mol. The van der Waals surface area contributed by atoms with Crippen molar-refractivity contribution in [3.05, 3.63) is 29.8 Å². The molecule has 0 aliphatic carbocycles. The van der Waals surface area contributed by atoms with Crippen molar-refractivity contribution in [2.24, 2.45) is 5.92 Å². The summed E-state index contributed by atoms with van der Waals surface area (Å²) in [4.78, 5) is 0. The molecule has 1 aromatic carbocycles. The van der Waals surface area contributed by atoms with Crippen LogP contribution in [0, 0.1) is 5.92 Å². The van der Waals surface area contributed by atoms with Crippen molar-refractivity contribution < 1.29 is 13.5 Å². The molecule has 0 saturated heterocycles. The van der Waals surface area contributed by atoms with E-state index in [1.54, 1.807) is 12.1 Å². The van der Waals surface area contributed by atoms with Gasteiger partial charge in [0, 0.05) is 12.3 Å². The van der Waals surface area contributed by atoms with E-state index in [9.17, 15) is 8.42 Å². The summed E-state index contributed by atoms with van der Waals surface area (Å²) in [7, 11) is -3.25. The van der Waals surface area contributed by atoms with Crippen molar-refractivity contribution in [2.75, 3.05) is 17.1 Å². The third kappa shape index (κ3) is 5.51. The van der Waals surface area contributed by atoms with E-state index in [1.165, 1.54) is 0 Å². The van der Waals surface area contributed by atoms with Gasteiger partial charge in [0.05, 0.1) is 5.75 Å². The Morgan fingerprint density at radius 1 is 1.22 bits per heavy atom. The van der Waals surface area contributed by atoms with E-state index in [4.69, 9.17) is 5.11 Å². The van der Waals surface area contributed by atoms with Crippen molar-refractivity contribution >= 4 is 15.7 Å². The number of benzene rings is 1. The van der Waals surface area contributed by atoms with Crippen molar-refractivity contribution in [2.45, 2.75) is 26.7 Å². The SMILES string of the molecule is CC(C)CCS(=O)(=O)Nc1ccc(CCO)cc1. The quantitative estimate of drug-likeness (QED) is 0.797. The number of rotatable bonds is 7. The Bertz CT molecular complexity index is 452. The van der Waals surface area contributed by atoms with Crippen LogP contribution in [0.5, 0.6) is 0 Å². The molecule has 1 aromatic rings. The van der Waals surface area contributed by atoms with Crippen molar-refractivity contribution in [3.63, 3.8) is 0 Å². The number of sulfonamides is 1. The van der Waals surface area contributed by atoms with E-state index < -0.39 is 10.0 Å². The Morgan fingerprint density at radius 3 is 2.33 bits per heavy atom. The normalized spacial score (nSPS) is 11.8. The van der Waals surface area contributed by atoms with Crippen LogP contribution in [0.25, 0.3) is 0 Å². The van der Waals surface area contributed by atoms with Gasteiger partial charge >= 0.3 is 0 Å². The molecule has 0 heterocycles. The van der Waals surface area contributed by atoms with Gasteiger partial charge in [-0.05, 0) is 36.5 Å². The molecular formula is C13H21NO3S. The average Bonchev–Trinajstić information content (AvgIpc) is 2.29. The fourth-order valence-electron chi connectivity index (χ4n) is 1.49. The molecule has 0 aliphatic heterocycles. The van der Waals surface area contributed by atoms with E-state index in [1.807, 2.05) is 26.0 Å². The van der Waals surface area contributed by atoms with E-state index in [0.29, 0.717) is 24.4 Å². The number of anilines is 1. The van der Waals surface area contributed by atoms with Crippen LogP contribution in [0.4, 0.5) is 5.69 Å². The zero-order valence-electron chi connectivity index (χ0n) is 10.9. The lowest BCUT2D eigenvalue weighted by atomic mass is 10.1. The van der Waals surface area contributed by atoms with Gasteiger partial charge in [0.2, 0.25) is 10.0 Å². The Kier molecular flexibility index (Phi) is 5.62. The molecule has 5 heteroatoms. The summed E-state index contributed by atoms with van der Waals surface area (Å²) >= 11 is 0. The molecule has 102 valence electrons. The summed E-state index contributed by atoms with van der Waals surface area (Å²) < 4.78 is 26.1. The molecule has 0 fully saturated rings. The van der Waals surface area contributed by atoms with Gasteiger partial charge < -0.3 is 5.11 Å². The first kappa shape index (κ1) is 15.0. The largest absolute Gasteiger partial charge is 0.396 e. The summed E-state index contributed by atoms with van der Waals surface area (Å²) in [5.74, 6) is 0.511. The summed E-state index contributed by atoms with van der Waals surface area (Å²) in [5, 5.41) is 8.79. The van der Waals surface area contributed by atoms with Gasteiger partial charge in [-0.3, -0.25) is 4.72 Å². The lowest BCUT2D eigenvalue weighted by Gasteiger charge is -2.09. The Hall–Kier alpha value is -1.07. The van der Waals surface area contributed by atoms with E-state index in [0.717, 1.165) is 5.56 Å². The fraction of sp³-hybridized carbons (Fsp3) is 0.538. The van der Waals surface area contributed by atoms with Gasteiger partial charge in [0.15, 0.2) is 0 Å². The molecule has 2 N–H and O–H groups in total. The first-order valence-electron chi connectivity index (χ1n) is 6.13. The van der Waals surface area contributed by atoms with E-state index >= 15 is 0 Å². The maximum absolute atomic E-state index is 11.8. The van der Waals surface area contributed by atoms with E-state index in [-0.39, 0.29) is 12.4 Å². The zero-order chi connectivity index (χ0) is 13.6. The van der Waals surface area contributed by atoms with Crippen LogP contribution in [0.1, 0.15) is 25.8 Å². The minimum atomic E-state index is -3.25. The molecular weight excluding hydrogens is 250 g/mol. The zero-order valence-corrected chi connectivity index (χ0v) is 11.7.